The average molecular weight is 1690 g/mol. The van der Waals surface area contributed by atoms with Crippen molar-refractivity contribution in [2.24, 2.45) is 78.8 Å². The Morgan fingerprint density at radius 1 is 0.294 bits per heavy atom. The predicted octanol–water partition coefficient (Wildman–Crippen LogP) is 22.3. The van der Waals surface area contributed by atoms with E-state index in [1.807, 2.05) is 0 Å². The van der Waals surface area contributed by atoms with Crippen molar-refractivity contribution < 1.29 is 23.7 Å². The summed E-state index contributed by atoms with van der Waals surface area (Å²) >= 11 is 0. The molecule has 0 aromatic rings. The smallest absolute Gasteiger partial charge is 0.0600 e. The van der Waals surface area contributed by atoms with Gasteiger partial charge in [-0.15, -0.1) is 0 Å². The SMILES string of the molecule is CC(C)(C)CC1CC1CC(C)(C)C.CC(C)(C)CC1CC1COC(C)(C)C.CC(C)(C)CN1CCC(C(C)(C)C)CC1.CC(C)(C)COCCN1CCN(CCOC(C)(C)C)CC1.CC(C)(C)OCCN1CCN(CCOC(C)(C)C)CC1.CC1CCN(CC(C)(C)C)C1.CCN1CCN(C(C)(C)C)CC1.CN1CCCN(CC(C)(C)C)CC1. The van der Waals surface area contributed by atoms with Crippen molar-refractivity contribution in [3.8, 4) is 0 Å². The maximum Gasteiger partial charge on any atom is 0.0600 e. The van der Waals surface area contributed by atoms with Crippen molar-refractivity contribution in [3.05, 3.63) is 0 Å². The van der Waals surface area contributed by atoms with E-state index in [2.05, 4.69) is 340 Å². The highest BCUT2D eigenvalue weighted by atomic mass is 16.5. The summed E-state index contributed by atoms with van der Waals surface area (Å²) in [6, 6.07) is 0. The molecule has 6 aliphatic heterocycles. The molecule has 15 nitrogen and oxygen atoms in total. The molecule has 8 rings (SSSR count). The molecule has 6 saturated heterocycles. The zero-order valence-corrected chi connectivity index (χ0v) is 88.9. The van der Waals surface area contributed by atoms with Gasteiger partial charge in [-0.1, -0.05) is 180 Å². The van der Waals surface area contributed by atoms with E-state index >= 15 is 0 Å². The van der Waals surface area contributed by atoms with E-state index in [9.17, 15) is 0 Å². The van der Waals surface area contributed by atoms with E-state index < -0.39 is 0 Å². The quantitative estimate of drug-likeness (QED) is 0.0965. The third-order valence-electron chi connectivity index (χ3n) is 23.3. The molecule has 0 radical (unpaired) electrons. The second kappa shape index (κ2) is 52.9. The van der Waals surface area contributed by atoms with Crippen LogP contribution in [-0.4, -0.2) is 307 Å². The minimum atomic E-state index is -0.0217. The van der Waals surface area contributed by atoms with E-state index in [1.165, 1.54) is 163 Å². The molecule has 8 aliphatic rings. The lowest BCUT2D eigenvalue weighted by Crippen LogP contribution is -2.53. The number of likely N-dealkylation sites (tertiary alicyclic amines) is 2. The van der Waals surface area contributed by atoms with Gasteiger partial charge in [0.25, 0.3) is 0 Å². The monoisotopic (exact) mass is 1690 g/mol. The summed E-state index contributed by atoms with van der Waals surface area (Å²) < 4.78 is 28.9. The first-order chi connectivity index (χ1) is 53.8. The lowest BCUT2D eigenvalue weighted by Gasteiger charge is -2.42. The third-order valence-corrected chi connectivity index (χ3v) is 23.3. The Morgan fingerprint density at radius 3 is 0.924 bits per heavy atom. The van der Waals surface area contributed by atoms with Crippen LogP contribution >= 0.6 is 0 Å². The average Bonchev–Trinajstić information content (AvgIpc) is 1.78. The lowest BCUT2D eigenvalue weighted by atomic mass is 9.75. The molecular weight excluding hydrogens is 1470 g/mol. The number of hydrogen-bond donors (Lipinski definition) is 0. The first-order valence-electron chi connectivity index (χ1n) is 49.2. The second-order valence-electron chi connectivity index (χ2n) is 52.8. The molecule has 714 valence electrons. The van der Waals surface area contributed by atoms with Gasteiger partial charge in [0.05, 0.1) is 62.0 Å². The van der Waals surface area contributed by atoms with Crippen LogP contribution in [0, 0.1) is 78.8 Å². The molecule has 0 N–H and O–H groups in total. The Labute approximate surface area is 746 Å². The van der Waals surface area contributed by atoms with E-state index in [1.54, 1.807) is 0 Å². The van der Waals surface area contributed by atoms with Crippen LogP contribution in [-0.2, 0) is 23.7 Å². The summed E-state index contributed by atoms with van der Waals surface area (Å²) in [6.45, 7) is 131. The molecule has 2 aliphatic carbocycles. The summed E-state index contributed by atoms with van der Waals surface area (Å²) in [7, 11) is 2.22. The molecule has 6 heterocycles. The molecule has 0 aromatic carbocycles. The van der Waals surface area contributed by atoms with E-state index in [0.717, 1.165) is 154 Å². The van der Waals surface area contributed by atoms with Gasteiger partial charge in [-0.25, -0.2) is 0 Å². The van der Waals surface area contributed by atoms with E-state index in [-0.39, 0.29) is 27.8 Å². The Morgan fingerprint density at radius 2 is 0.613 bits per heavy atom. The van der Waals surface area contributed by atoms with Crippen molar-refractivity contribution >= 4 is 0 Å². The van der Waals surface area contributed by atoms with Gasteiger partial charge in [0, 0.05) is 150 Å². The highest BCUT2D eigenvalue weighted by Gasteiger charge is 2.42. The first kappa shape index (κ1) is 116. The van der Waals surface area contributed by atoms with Crippen molar-refractivity contribution in [1.82, 2.24) is 49.0 Å². The molecular formula is C104H218N10O5. The molecule has 0 bridgehead atoms. The van der Waals surface area contributed by atoms with Gasteiger partial charge in [-0.3, -0.25) is 24.5 Å². The first-order valence-corrected chi connectivity index (χ1v) is 49.2. The Balaban J connectivity index is 0.000000686. The van der Waals surface area contributed by atoms with Crippen molar-refractivity contribution in [1.29, 1.82) is 0 Å². The van der Waals surface area contributed by atoms with Crippen LogP contribution < -0.4 is 0 Å². The fourth-order valence-electron chi connectivity index (χ4n) is 16.9. The largest absolute Gasteiger partial charge is 0.380 e. The van der Waals surface area contributed by atoms with E-state index in [4.69, 9.17) is 23.7 Å². The fourth-order valence-corrected chi connectivity index (χ4v) is 16.9. The van der Waals surface area contributed by atoms with Crippen LogP contribution in [0.1, 0.15) is 342 Å². The number of hydrogen-bond acceptors (Lipinski definition) is 15. The molecule has 8 fully saturated rings. The molecule has 0 aromatic heterocycles. The lowest BCUT2D eigenvalue weighted by molar-refractivity contribution is -0.0280. The van der Waals surface area contributed by atoms with Crippen molar-refractivity contribution in [3.63, 3.8) is 0 Å². The van der Waals surface area contributed by atoms with Crippen molar-refractivity contribution in [2.45, 2.75) is 370 Å². The molecule has 119 heavy (non-hydrogen) atoms. The van der Waals surface area contributed by atoms with Crippen LogP contribution in [0.15, 0.2) is 0 Å². The Bertz CT molecular complexity index is 2470. The maximum atomic E-state index is 5.80. The predicted molar refractivity (Wildman–Crippen MR) is 523 cm³/mol. The van der Waals surface area contributed by atoms with Gasteiger partial charge in [0.15, 0.2) is 0 Å². The summed E-state index contributed by atoms with van der Waals surface area (Å²) in [5.74, 6) is 5.70. The summed E-state index contributed by atoms with van der Waals surface area (Å²) in [6.07, 6.45) is 12.6. The van der Waals surface area contributed by atoms with Gasteiger partial charge < -0.3 is 48.2 Å². The molecule has 0 spiro atoms. The summed E-state index contributed by atoms with van der Waals surface area (Å²) in [5, 5.41) is 0. The highest BCUT2D eigenvalue weighted by Crippen LogP contribution is 2.51. The van der Waals surface area contributed by atoms with E-state index in [0.29, 0.717) is 43.4 Å². The number of piperidine rings is 1. The van der Waals surface area contributed by atoms with Gasteiger partial charge in [0.1, 0.15) is 0 Å². The Kier molecular flexibility index (Phi) is 51.8. The third kappa shape index (κ3) is 69.1. The standard InChI is InChI=1S/C17H36N2O2.C16H34N2O2.C14H29N.C13H26O.C13H26.C11H24N2.C10H22N2.C10H21N/c1-16(2,3)15-20-13-11-18-7-9-19(10-8-18)12-14-21-17(4,5)6;1-15(2,3)19-13-11-17-7-9-18(10-8-17)12-14-20-16(4,5)6;1-13(2,3)11-15-9-7-12(8-10-15)14(4,5)6;1-12(2,3)8-10-7-11(10)9-14-13(4,5)6;1-12(2,3)8-10-7-11(10)9-13(4,5)6;1-11(2,3)10-13-7-5-6-12(4)8-9-13;1-5-11-6-8-12(9-7-11)10(2,3)4;1-9-5-6-11(7-9)8-10(2,3)4/h7-15H2,1-6H3;7-14H2,1-6H3;12H,7-11H2,1-6H3;10-11H,7-9H2,1-6H3;10-11H,7-9H2,1-6H3;5-10H2,1-4H3;5-9H2,1-4H3;9H,5-8H2,1-4H3. The second-order valence-corrected chi connectivity index (χ2v) is 52.8. The molecule has 5 atom stereocenters. The summed E-state index contributed by atoms with van der Waals surface area (Å²) in [4.78, 5) is 25.3. The number of ether oxygens (including phenoxy) is 5. The number of rotatable bonds is 22. The van der Waals surface area contributed by atoms with Crippen LogP contribution in [0.25, 0.3) is 0 Å². The van der Waals surface area contributed by atoms with Crippen molar-refractivity contribution in [2.75, 3.05) is 230 Å². The van der Waals surface area contributed by atoms with Gasteiger partial charge >= 0.3 is 0 Å². The van der Waals surface area contributed by atoms with Crippen LogP contribution in [0.4, 0.5) is 0 Å². The highest BCUT2D eigenvalue weighted by molar-refractivity contribution is 4.93. The zero-order valence-electron chi connectivity index (χ0n) is 88.9. The number of nitrogens with zero attached hydrogens (tertiary/aromatic N) is 10. The molecule has 0 amide bonds. The Hall–Kier alpha value is -0.600. The van der Waals surface area contributed by atoms with Crippen LogP contribution in [0.5, 0.6) is 0 Å². The number of likely N-dealkylation sites (N-methyl/N-ethyl adjacent to an activating group) is 2. The fraction of sp³-hybridized carbons (Fsp3) is 1.00. The van der Waals surface area contributed by atoms with Crippen LogP contribution in [0.2, 0.25) is 0 Å². The normalized spacial score (nSPS) is 23.3. The van der Waals surface area contributed by atoms with Gasteiger partial charge in [0.2, 0.25) is 0 Å². The minimum Gasteiger partial charge on any atom is -0.380 e. The topological polar surface area (TPSA) is 78.5 Å². The minimum absolute atomic E-state index is 0.0216. The molecule has 5 unspecified atom stereocenters. The molecule has 15 heteroatoms. The maximum absolute atomic E-state index is 5.80. The molecule has 2 saturated carbocycles. The zero-order chi connectivity index (χ0) is 91.7. The summed E-state index contributed by atoms with van der Waals surface area (Å²) in [5.41, 5.74) is 4.05. The van der Waals surface area contributed by atoms with Crippen LogP contribution in [0.3, 0.4) is 0 Å². The van der Waals surface area contributed by atoms with Gasteiger partial charge in [-0.2, -0.15) is 0 Å². The number of piperazine rings is 3. The van der Waals surface area contributed by atoms with Gasteiger partial charge in [-0.05, 0) is 287 Å².